The molecule has 1 fully saturated rings. The first-order chi connectivity index (χ1) is 18.1. The predicted molar refractivity (Wildman–Crippen MR) is 147 cm³/mol. The molecule has 3 aromatic carbocycles. The summed E-state index contributed by atoms with van der Waals surface area (Å²) < 4.78 is 61.4. The first-order valence-corrected chi connectivity index (χ1v) is 15.2. The van der Waals surface area contributed by atoms with Gasteiger partial charge in [0.05, 0.1) is 28.2 Å². The van der Waals surface area contributed by atoms with E-state index in [0.717, 1.165) is 31.2 Å². The molecule has 0 aromatic heterocycles. The first-order valence-electron chi connectivity index (χ1n) is 12.3. The molecule has 0 atom stereocenters. The minimum atomic E-state index is -3.83. The fourth-order valence-electron chi connectivity index (χ4n) is 4.26. The molecule has 0 bridgehead atoms. The highest BCUT2D eigenvalue weighted by molar-refractivity contribution is 7.92. The van der Waals surface area contributed by atoms with E-state index in [1.165, 1.54) is 53.9 Å². The number of sulfonamides is 2. The number of rotatable bonds is 8. The summed E-state index contributed by atoms with van der Waals surface area (Å²) in [6, 6.07) is 17.0. The van der Waals surface area contributed by atoms with Crippen LogP contribution < -0.4 is 14.8 Å². The van der Waals surface area contributed by atoms with Gasteiger partial charge in [-0.05, 0) is 73.9 Å². The van der Waals surface area contributed by atoms with Crippen molar-refractivity contribution >= 4 is 37.3 Å². The Morgan fingerprint density at radius 1 is 0.842 bits per heavy atom. The smallest absolute Gasteiger partial charge is 0.261 e. The number of nitrogens with zero attached hydrogens (tertiary/aromatic N) is 1. The van der Waals surface area contributed by atoms with E-state index in [1.54, 1.807) is 25.1 Å². The lowest BCUT2D eigenvalue weighted by atomic mass is 10.2. The van der Waals surface area contributed by atoms with Crippen molar-refractivity contribution in [3.63, 3.8) is 0 Å². The van der Waals surface area contributed by atoms with Crippen LogP contribution in [0.25, 0.3) is 0 Å². The fraction of sp³-hybridized carbons (Fsp3) is 0.296. The second-order valence-corrected chi connectivity index (χ2v) is 12.7. The summed E-state index contributed by atoms with van der Waals surface area (Å²) in [5, 5.41) is 2.70. The number of para-hydroxylation sites is 1. The van der Waals surface area contributed by atoms with Gasteiger partial charge in [-0.2, -0.15) is 4.31 Å². The molecule has 1 saturated heterocycles. The third-order valence-corrected chi connectivity index (χ3v) is 9.71. The van der Waals surface area contributed by atoms with E-state index in [4.69, 9.17) is 4.74 Å². The normalized spacial score (nSPS) is 14.9. The van der Waals surface area contributed by atoms with E-state index in [-0.39, 0.29) is 21.1 Å². The van der Waals surface area contributed by atoms with Crippen LogP contribution in [-0.4, -0.2) is 47.2 Å². The van der Waals surface area contributed by atoms with Gasteiger partial charge in [0.25, 0.3) is 15.9 Å². The number of anilines is 2. The summed E-state index contributed by atoms with van der Waals surface area (Å²) in [6.45, 7) is 2.70. The third kappa shape index (κ3) is 6.17. The molecule has 0 spiro atoms. The largest absolute Gasteiger partial charge is 0.496 e. The lowest BCUT2D eigenvalue weighted by Crippen LogP contribution is -2.32. The second kappa shape index (κ2) is 11.5. The maximum absolute atomic E-state index is 13.2. The predicted octanol–water partition coefficient (Wildman–Crippen LogP) is 4.62. The number of nitrogens with one attached hydrogen (secondary N) is 2. The molecule has 1 aliphatic heterocycles. The number of benzene rings is 3. The lowest BCUT2D eigenvalue weighted by Gasteiger charge is -2.20. The molecule has 1 heterocycles. The molecule has 0 aliphatic carbocycles. The second-order valence-electron chi connectivity index (χ2n) is 9.08. The van der Waals surface area contributed by atoms with Gasteiger partial charge in [0.2, 0.25) is 10.0 Å². The van der Waals surface area contributed by atoms with Crippen molar-refractivity contribution in [2.75, 3.05) is 30.2 Å². The Hall–Kier alpha value is -3.41. The fourth-order valence-corrected chi connectivity index (χ4v) is 6.94. The average Bonchev–Trinajstić information content (AvgIpc) is 3.20. The van der Waals surface area contributed by atoms with Crippen molar-refractivity contribution in [2.45, 2.75) is 42.4 Å². The van der Waals surface area contributed by atoms with E-state index in [9.17, 15) is 21.6 Å². The molecule has 11 heteroatoms. The Morgan fingerprint density at radius 2 is 1.47 bits per heavy atom. The van der Waals surface area contributed by atoms with Crippen molar-refractivity contribution in [3.05, 3.63) is 77.9 Å². The van der Waals surface area contributed by atoms with Gasteiger partial charge in [0.1, 0.15) is 5.75 Å². The number of carbonyl (C=O) groups is 1. The van der Waals surface area contributed by atoms with Crippen molar-refractivity contribution in [2.24, 2.45) is 0 Å². The number of aryl methyl sites for hydroxylation is 1. The summed E-state index contributed by atoms with van der Waals surface area (Å²) in [7, 11) is -6.20. The number of hydrogen-bond acceptors (Lipinski definition) is 6. The van der Waals surface area contributed by atoms with Gasteiger partial charge in [-0.3, -0.25) is 9.52 Å². The van der Waals surface area contributed by atoms with Crippen LogP contribution in [0.15, 0.2) is 76.5 Å². The molecule has 202 valence electrons. The topological polar surface area (TPSA) is 122 Å². The van der Waals surface area contributed by atoms with Crippen LogP contribution in [0.2, 0.25) is 0 Å². The van der Waals surface area contributed by atoms with Gasteiger partial charge in [-0.25, -0.2) is 16.8 Å². The van der Waals surface area contributed by atoms with Crippen LogP contribution in [-0.2, 0) is 20.0 Å². The highest BCUT2D eigenvalue weighted by atomic mass is 32.2. The van der Waals surface area contributed by atoms with E-state index < -0.39 is 26.0 Å². The standard InChI is InChI=1S/C27H31N3O6S2/c1-20-9-5-6-10-25(20)29-37(32,33)22-13-11-21(12-14-22)28-27(31)24-19-23(15-16-26(24)36-2)38(34,35)30-17-7-3-4-8-18-30/h5-6,9-16,19,29H,3-4,7-8,17-18H2,1-2H3,(H,28,31). The van der Waals surface area contributed by atoms with Crippen molar-refractivity contribution in [1.29, 1.82) is 0 Å². The molecule has 0 unspecified atom stereocenters. The summed E-state index contributed by atoms with van der Waals surface area (Å²) in [5.74, 6) is -0.359. The highest BCUT2D eigenvalue weighted by Crippen LogP contribution is 2.27. The molecule has 38 heavy (non-hydrogen) atoms. The Balaban J connectivity index is 1.53. The van der Waals surface area contributed by atoms with Crippen LogP contribution in [0.3, 0.4) is 0 Å². The van der Waals surface area contributed by atoms with Gasteiger partial charge in [0, 0.05) is 18.8 Å². The van der Waals surface area contributed by atoms with Crippen LogP contribution in [0, 0.1) is 6.92 Å². The van der Waals surface area contributed by atoms with E-state index in [1.807, 2.05) is 6.07 Å². The number of hydrogen-bond donors (Lipinski definition) is 2. The number of ether oxygens (including phenoxy) is 1. The third-order valence-electron chi connectivity index (χ3n) is 6.43. The van der Waals surface area contributed by atoms with Crippen molar-refractivity contribution in [3.8, 4) is 5.75 Å². The molecular formula is C27H31N3O6S2. The monoisotopic (exact) mass is 557 g/mol. The van der Waals surface area contributed by atoms with Crippen molar-refractivity contribution < 1.29 is 26.4 Å². The van der Waals surface area contributed by atoms with Crippen molar-refractivity contribution in [1.82, 2.24) is 4.31 Å². The van der Waals surface area contributed by atoms with Crippen LogP contribution in [0.1, 0.15) is 41.6 Å². The molecule has 1 aliphatic rings. The average molecular weight is 558 g/mol. The first kappa shape index (κ1) is 27.6. The molecule has 0 saturated carbocycles. The highest BCUT2D eigenvalue weighted by Gasteiger charge is 2.27. The van der Waals surface area contributed by atoms with Crippen LogP contribution in [0.5, 0.6) is 5.75 Å². The quantitative estimate of drug-likeness (QED) is 0.417. The number of methoxy groups -OCH3 is 1. The zero-order valence-electron chi connectivity index (χ0n) is 21.3. The summed E-state index contributed by atoms with van der Waals surface area (Å²) >= 11 is 0. The van der Waals surface area contributed by atoms with Crippen LogP contribution >= 0.6 is 0 Å². The zero-order chi connectivity index (χ0) is 27.3. The SMILES string of the molecule is COc1ccc(S(=O)(=O)N2CCCCCC2)cc1C(=O)Nc1ccc(S(=O)(=O)Nc2ccccc2C)cc1. The van der Waals surface area contributed by atoms with Gasteiger partial charge in [0.15, 0.2) is 0 Å². The van der Waals surface area contributed by atoms with E-state index >= 15 is 0 Å². The number of amides is 1. The van der Waals surface area contributed by atoms with Gasteiger partial charge >= 0.3 is 0 Å². The minimum absolute atomic E-state index is 0.0223. The Kier molecular flexibility index (Phi) is 8.39. The molecule has 9 nitrogen and oxygen atoms in total. The maximum atomic E-state index is 13.2. The molecule has 3 aromatic rings. The van der Waals surface area contributed by atoms with Crippen LogP contribution in [0.4, 0.5) is 11.4 Å². The summed E-state index contributed by atoms with van der Waals surface area (Å²) in [5.41, 5.74) is 1.66. The number of carbonyl (C=O) groups excluding carboxylic acids is 1. The molecular weight excluding hydrogens is 526 g/mol. The Morgan fingerprint density at radius 3 is 2.11 bits per heavy atom. The minimum Gasteiger partial charge on any atom is -0.496 e. The summed E-state index contributed by atoms with van der Waals surface area (Å²) in [4.78, 5) is 13.2. The molecule has 1 amide bonds. The maximum Gasteiger partial charge on any atom is 0.261 e. The van der Waals surface area contributed by atoms with Gasteiger partial charge < -0.3 is 10.1 Å². The zero-order valence-corrected chi connectivity index (χ0v) is 22.9. The van der Waals surface area contributed by atoms with E-state index in [2.05, 4.69) is 10.0 Å². The molecule has 2 N–H and O–H groups in total. The van der Waals surface area contributed by atoms with Gasteiger partial charge in [-0.1, -0.05) is 31.0 Å². The Labute approximate surface area is 223 Å². The summed E-state index contributed by atoms with van der Waals surface area (Å²) in [6.07, 6.45) is 3.58. The lowest BCUT2D eigenvalue weighted by molar-refractivity contribution is 0.102. The molecule has 4 rings (SSSR count). The van der Waals surface area contributed by atoms with Gasteiger partial charge in [-0.15, -0.1) is 0 Å². The Bertz CT molecular complexity index is 1510. The van der Waals surface area contributed by atoms with E-state index in [0.29, 0.717) is 24.5 Å². The molecule has 0 radical (unpaired) electrons.